The van der Waals surface area contributed by atoms with E-state index in [9.17, 15) is 0 Å². The van der Waals surface area contributed by atoms with Crippen molar-refractivity contribution >= 4 is 0 Å². The van der Waals surface area contributed by atoms with Gasteiger partial charge in [0.1, 0.15) is 12.0 Å². The number of benzene rings is 1. The molecular weight excluding hydrogens is 300 g/mol. The monoisotopic (exact) mass is 324 g/mol. The molecule has 1 aliphatic rings. The van der Waals surface area contributed by atoms with Crippen molar-refractivity contribution < 1.29 is 9.15 Å². The van der Waals surface area contributed by atoms with Crippen LogP contribution in [0.4, 0.5) is 0 Å². The average molecular weight is 324 g/mol. The Bertz CT molecular complexity index is 678. The van der Waals surface area contributed by atoms with Crippen molar-refractivity contribution in [2.75, 3.05) is 13.7 Å². The second-order valence-corrected chi connectivity index (χ2v) is 6.27. The first kappa shape index (κ1) is 16.6. The molecule has 0 saturated heterocycles. The van der Waals surface area contributed by atoms with Crippen LogP contribution in [0.1, 0.15) is 37.8 Å². The Labute approximate surface area is 143 Å². The molecule has 0 amide bonds. The minimum absolute atomic E-state index is 0.566. The third kappa shape index (κ3) is 3.98. The molecule has 0 aliphatic heterocycles. The Morgan fingerprint density at radius 3 is 2.67 bits per heavy atom. The van der Waals surface area contributed by atoms with Crippen LogP contribution in [-0.4, -0.2) is 29.6 Å². The number of ether oxygens (including phenoxy) is 1. The molecule has 1 heterocycles. The quantitative estimate of drug-likeness (QED) is 0.749. The smallest absolute Gasteiger partial charge is 0.226 e. The number of methoxy groups -OCH3 is 1. The fourth-order valence-electron chi connectivity index (χ4n) is 3.33. The highest BCUT2D eigenvalue weighted by Gasteiger charge is 2.21. The van der Waals surface area contributed by atoms with Crippen molar-refractivity contribution in [2.45, 2.75) is 44.7 Å². The van der Waals surface area contributed by atoms with Gasteiger partial charge in [-0.1, -0.05) is 25.2 Å². The molecule has 1 fully saturated rings. The summed E-state index contributed by atoms with van der Waals surface area (Å²) < 4.78 is 10.8. The van der Waals surface area contributed by atoms with Gasteiger partial charge in [-0.15, -0.1) is 6.42 Å². The van der Waals surface area contributed by atoms with Gasteiger partial charge in [-0.05, 0) is 37.1 Å². The van der Waals surface area contributed by atoms with Crippen molar-refractivity contribution in [1.29, 1.82) is 0 Å². The van der Waals surface area contributed by atoms with Crippen LogP contribution in [-0.2, 0) is 6.54 Å². The van der Waals surface area contributed by atoms with Gasteiger partial charge in [-0.2, -0.15) is 0 Å². The van der Waals surface area contributed by atoms with Gasteiger partial charge in [0, 0.05) is 18.2 Å². The van der Waals surface area contributed by atoms with Crippen molar-refractivity contribution in [3.05, 3.63) is 36.2 Å². The zero-order valence-electron chi connectivity index (χ0n) is 14.2. The summed E-state index contributed by atoms with van der Waals surface area (Å²) >= 11 is 0. The Hall–Kier alpha value is -2.25. The standard InChI is InChI=1S/C20H24N2O2/c1-3-13-22(18-7-5-4-6-8-18)14-17-15-24-20(21-17)16-9-11-19(23-2)12-10-16/h1,9-12,15,18H,4-8,13-14H2,2H3. The van der Waals surface area contributed by atoms with E-state index in [1.807, 2.05) is 24.3 Å². The largest absolute Gasteiger partial charge is 0.497 e. The van der Waals surface area contributed by atoms with E-state index in [-0.39, 0.29) is 0 Å². The highest BCUT2D eigenvalue weighted by Crippen LogP contribution is 2.25. The number of hydrogen-bond acceptors (Lipinski definition) is 4. The number of nitrogens with zero attached hydrogens (tertiary/aromatic N) is 2. The zero-order chi connectivity index (χ0) is 16.8. The van der Waals surface area contributed by atoms with Gasteiger partial charge in [-0.25, -0.2) is 4.98 Å². The molecule has 1 saturated carbocycles. The first-order valence-electron chi connectivity index (χ1n) is 8.56. The lowest BCUT2D eigenvalue weighted by Crippen LogP contribution is -2.36. The Balaban J connectivity index is 1.70. The van der Waals surface area contributed by atoms with Crippen molar-refractivity contribution in [2.24, 2.45) is 0 Å². The van der Waals surface area contributed by atoms with Crippen molar-refractivity contribution in [3.8, 4) is 29.5 Å². The first-order valence-corrected chi connectivity index (χ1v) is 8.56. The third-order valence-corrected chi connectivity index (χ3v) is 4.64. The summed E-state index contributed by atoms with van der Waals surface area (Å²) in [5.41, 5.74) is 1.88. The van der Waals surface area contributed by atoms with Gasteiger partial charge in [0.25, 0.3) is 0 Å². The van der Waals surface area contributed by atoms with Crippen molar-refractivity contribution in [3.63, 3.8) is 0 Å². The number of terminal acetylenes is 1. The van der Waals surface area contributed by atoms with Crippen LogP contribution in [0.25, 0.3) is 11.5 Å². The molecule has 0 spiro atoms. The van der Waals surface area contributed by atoms with Crippen LogP contribution in [0.15, 0.2) is 34.9 Å². The molecule has 1 aromatic carbocycles. The molecule has 4 nitrogen and oxygen atoms in total. The molecule has 4 heteroatoms. The number of hydrogen-bond donors (Lipinski definition) is 0. The molecule has 126 valence electrons. The highest BCUT2D eigenvalue weighted by atomic mass is 16.5. The molecule has 2 aromatic rings. The van der Waals surface area contributed by atoms with E-state index in [0.717, 1.165) is 23.6 Å². The Morgan fingerprint density at radius 2 is 2.00 bits per heavy atom. The normalized spacial score (nSPS) is 15.4. The van der Waals surface area contributed by atoms with E-state index in [0.29, 0.717) is 18.5 Å². The second kappa shape index (κ2) is 8.03. The Kier molecular flexibility index (Phi) is 5.55. The fraction of sp³-hybridized carbons (Fsp3) is 0.450. The van der Waals surface area contributed by atoms with Gasteiger partial charge in [0.15, 0.2) is 0 Å². The lowest BCUT2D eigenvalue weighted by Gasteiger charge is -2.32. The van der Waals surface area contributed by atoms with Gasteiger partial charge in [-0.3, -0.25) is 4.90 Å². The molecule has 0 N–H and O–H groups in total. The van der Waals surface area contributed by atoms with Crippen LogP contribution in [0.3, 0.4) is 0 Å². The number of rotatable bonds is 6. The van der Waals surface area contributed by atoms with Crippen LogP contribution in [0, 0.1) is 12.3 Å². The lowest BCUT2D eigenvalue weighted by atomic mass is 9.94. The molecule has 0 radical (unpaired) electrons. The summed E-state index contributed by atoms with van der Waals surface area (Å²) in [6.45, 7) is 1.41. The van der Waals surface area contributed by atoms with Crippen LogP contribution < -0.4 is 4.74 Å². The minimum Gasteiger partial charge on any atom is -0.497 e. The van der Waals surface area contributed by atoms with E-state index in [1.54, 1.807) is 13.4 Å². The summed E-state index contributed by atoms with van der Waals surface area (Å²) in [5, 5.41) is 0. The predicted molar refractivity (Wildman–Crippen MR) is 94.6 cm³/mol. The van der Waals surface area contributed by atoms with E-state index in [1.165, 1.54) is 32.1 Å². The summed E-state index contributed by atoms with van der Waals surface area (Å²) in [6.07, 6.45) is 13.7. The molecule has 1 aromatic heterocycles. The third-order valence-electron chi connectivity index (χ3n) is 4.64. The molecule has 24 heavy (non-hydrogen) atoms. The van der Waals surface area contributed by atoms with E-state index in [2.05, 4.69) is 15.8 Å². The molecule has 0 unspecified atom stereocenters. The molecule has 1 aliphatic carbocycles. The summed E-state index contributed by atoms with van der Waals surface area (Å²) in [7, 11) is 1.66. The zero-order valence-corrected chi connectivity index (χ0v) is 14.2. The van der Waals surface area contributed by atoms with Crippen molar-refractivity contribution in [1.82, 2.24) is 9.88 Å². The minimum atomic E-state index is 0.566. The van der Waals surface area contributed by atoms with Gasteiger partial charge < -0.3 is 9.15 Å². The van der Waals surface area contributed by atoms with E-state index < -0.39 is 0 Å². The average Bonchev–Trinajstić information content (AvgIpc) is 3.11. The van der Waals surface area contributed by atoms with Gasteiger partial charge >= 0.3 is 0 Å². The SMILES string of the molecule is C#CCN(Cc1coc(-c2ccc(OC)cc2)n1)C1CCCCC1. The van der Waals surface area contributed by atoms with Crippen LogP contribution in [0.2, 0.25) is 0 Å². The van der Waals surface area contributed by atoms with E-state index >= 15 is 0 Å². The number of aromatic nitrogens is 1. The van der Waals surface area contributed by atoms with Gasteiger partial charge in [0.05, 0.1) is 19.3 Å². The van der Waals surface area contributed by atoms with Gasteiger partial charge in [0.2, 0.25) is 5.89 Å². The fourth-order valence-corrected chi connectivity index (χ4v) is 3.33. The maximum absolute atomic E-state index is 5.66. The van der Waals surface area contributed by atoms with E-state index in [4.69, 9.17) is 15.6 Å². The molecular formula is C20H24N2O2. The summed E-state index contributed by atoms with van der Waals surface area (Å²) in [4.78, 5) is 6.99. The first-order chi connectivity index (χ1) is 11.8. The predicted octanol–water partition coefficient (Wildman–Crippen LogP) is 4.12. The maximum atomic E-state index is 5.66. The lowest BCUT2D eigenvalue weighted by molar-refractivity contribution is 0.165. The van der Waals surface area contributed by atoms with Crippen LogP contribution in [0.5, 0.6) is 5.75 Å². The molecule has 0 bridgehead atoms. The molecule has 3 rings (SSSR count). The highest BCUT2D eigenvalue weighted by molar-refractivity contribution is 5.54. The van der Waals surface area contributed by atoms with Crippen LogP contribution >= 0.6 is 0 Å². The topological polar surface area (TPSA) is 38.5 Å². The summed E-state index contributed by atoms with van der Waals surface area (Å²) in [6, 6.07) is 8.29. The number of oxazole rings is 1. The summed E-state index contributed by atoms with van der Waals surface area (Å²) in [5.74, 6) is 4.25. The molecule has 0 atom stereocenters. The maximum Gasteiger partial charge on any atom is 0.226 e. The Morgan fingerprint density at radius 1 is 1.25 bits per heavy atom. The second-order valence-electron chi connectivity index (χ2n) is 6.27.